The summed E-state index contributed by atoms with van der Waals surface area (Å²) in [5.74, 6) is -4.44. The number of carbonyl (C=O) groups excluding carboxylic acids is 3. The van der Waals surface area contributed by atoms with E-state index in [1.54, 1.807) is 13.0 Å². The van der Waals surface area contributed by atoms with Crippen molar-refractivity contribution < 1.29 is 55.3 Å². The van der Waals surface area contributed by atoms with Crippen LogP contribution in [0.4, 0.5) is 18.0 Å². The van der Waals surface area contributed by atoms with Gasteiger partial charge in [0.1, 0.15) is 29.5 Å². The van der Waals surface area contributed by atoms with Crippen molar-refractivity contribution in [1.29, 1.82) is 0 Å². The van der Waals surface area contributed by atoms with Gasteiger partial charge in [-0.15, -0.1) is 0 Å². The molecule has 3 fully saturated rings. The van der Waals surface area contributed by atoms with Gasteiger partial charge < -0.3 is 30.1 Å². The SMILES string of the molecule is COc1ccc2nc(C(F)(F)F)c(O[C@@H]3C[C@H]4C(=O)N[C@]5(C(=O)NS(=O)(=O)C6(C)CC6)C[C@H]5/C=C\CC[C@@H](C)C[C@@H](C)[C@H](NC(=O)O)C(=O)N4C3)nc2c1. The van der Waals surface area contributed by atoms with Gasteiger partial charge >= 0.3 is 12.3 Å². The second-order valence-electron chi connectivity index (χ2n) is 15.1. The summed E-state index contributed by atoms with van der Waals surface area (Å²) in [6, 6.07) is 1.27. The third kappa shape index (κ3) is 7.77. The van der Waals surface area contributed by atoms with Crippen LogP contribution in [0.3, 0.4) is 0 Å². The molecule has 0 radical (unpaired) electrons. The van der Waals surface area contributed by atoms with Crippen molar-refractivity contribution >= 4 is 44.9 Å². The number of rotatable bonds is 7. The summed E-state index contributed by atoms with van der Waals surface area (Å²) in [5.41, 5.74) is -3.22. The van der Waals surface area contributed by atoms with Crippen molar-refractivity contribution in [2.45, 2.75) is 100 Å². The molecule has 294 valence electrons. The number of hydrogen-bond acceptors (Lipinski definition) is 10. The molecule has 4 N–H and O–H groups in total. The first-order chi connectivity index (χ1) is 25.3. The Hall–Kier alpha value is -4.68. The summed E-state index contributed by atoms with van der Waals surface area (Å²) < 4.78 is 81.1. The number of methoxy groups -OCH3 is 1. The first kappa shape index (κ1) is 39.0. The van der Waals surface area contributed by atoms with Crippen LogP contribution in [0.25, 0.3) is 11.0 Å². The number of carbonyl (C=O) groups is 4. The van der Waals surface area contributed by atoms with Crippen molar-refractivity contribution in [1.82, 2.24) is 30.2 Å². The normalized spacial score (nSPS) is 30.5. The molecule has 1 aromatic carbocycles. The van der Waals surface area contributed by atoms with Gasteiger partial charge in [0.25, 0.3) is 5.91 Å². The van der Waals surface area contributed by atoms with Crippen LogP contribution in [0, 0.1) is 17.8 Å². The van der Waals surface area contributed by atoms with E-state index in [1.807, 2.05) is 13.0 Å². The molecule has 0 spiro atoms. The van der Waals surface area contributed by atoms with Gasteiger partial charge in [0.05, 0.1) is 29.4 Å². The number of hydrogen-bond donors (Lipinski definition) is 4. The third-order valence-corrected chi connectivity index (χ3v) is 13.1. The number of amides is 4. The largest absolute Gasteiger partial charge is 0.497 e. The van der Waals surface area contributed by atoms with Crippen LogP contribution in [0.5, 0.6) is 11.6 Å². The van der Waals surface area contributed by atoms with Crippen LogP contribution >= 0.6 is 0 Å². The summed E-state index contributed by atoms with van der Waals surface area (Å²) >= 11 is 0. The Balaban J connectivity index is 1.37. The standard InChI is InChI=1S/C35H43F3N6O9S/c1-18-7-5-6-8-20-16-34(20,31(47)43-54(50,51)33(3)11-12-33)42-28(45)25-15-22(17-44(25)30(46)26(19(2)13-18)41-32(48)49)53-29-27(35(36,37)38)39-23-10-9-21(52-4)14-24(23)40-29/h6,8-10,14,18-20,22,25-26,41H,5,7,11-13,15-17H2,1-4H3,(H,42,45)(H,43,47)(H,48,49)/b8-6-/t18-,19-,20-,22-,25+,26+,34-/m1/s1. The van der Waals surface area contributed by atoms with E-state index in [-0.39, 0.29) is 29.8 Å². The smallest absolute Gasteiger partial charge is 0.438 e. The van der Waals surface area contributed by atoms with Gasteiger partial charge in [0, 0.05) is 18.4 Å². The van der Waals surface area contributed by atoms with Crippen LogP contribution in [-0.2, 0) is 30.6 Å². The van der Waals surface area contributed by atoms with Gasteiger partial charge in [-0.25, -0.2) is 23.2 Å². The molecule has 1 saturated heterocycles. The molecule has 4 amide bonds. The van der Waals surface area contributed by atoms with Gasteiger partial charge in [-0.1, -0.05) is 26.0 Å². The van der Waals surface area contributed by atoms with Crippen molar-refractivity contribution in [3.05, 3.63) is 36.0 Å². The van der Waals surface area contributed by atoms with E-state index in [4.69, 9.17) is 9.47 Å². The van der Waals surface area contributed by atoms with Crippen LogP contribution < -0.4 is 24.8 Å². The van der Waals surface area contributed by atoms with E-state index in [9.17, 15) is 45.9 Å². The molecule has 7 atom stereocenters. The van der Waals surface area contributed by atoms with Crippen LogP contribution in [0.15, 0.2) is 30.4 Å². The molecule has 15 nitrogen and oxygen atoms in total. The Morgan fingerprint density at radius 2 is 1.83 bits per heavy atom. The van der Waals surface area contributed by atoms with E-state index in [0.717, 1.165) is 4.90 Å². The Labute approximate surface area is 309 Å². The fraction of sp³-hybridized carbons (Fsp3) is 0.600. The highest BCUT2D eigenvalue weighted by atomic mass is 32.2. The molecule has 2 aromatic rings. The number of halogens is 3. The van der Waals surface area contributed by atoms with Crippen LogP contribution in [0.1, 0.15) is 71.4 Å². The van der Waals surface area contributed by atoms with E-state index in [2.05, 4.69) is 25.3 Å². The number of alkyl halides is 3. The van der Waals surface area contributed by atoms with Crippen molar-refractivity contribution in [3.8, 4) is 11.6 Å². The predicted octanol–water partition coefficient (Wildman–Crippen LogP) is 3.53. The second kappa shape index (κ2) is 14.2. The van der Waals surface area contributed by atoms with Crippen molar-refractivity contribution in [3.63, 3.8) is 0 Å². The van der Waals surface area contributed by atoms with Gasteiger partial charge in [0.15, 0.2) is 0 Å². The quantitative estimate of drug-likeness (QED) is 0.299. The highest BCUT2D eigenvalue weighted by molar-refractivity contribution is 7.91. The minimum Gasteiger partial charge on any atom is -0.497 e. The van der Waals surface area contributed by atoms with E-state index in [0.29, 0.717) is 37.9 Å². The maximum absolute atomic E-state index is 14.3. The average Bonchev–Trinajstić information content (AvgIpc) is 3.97. The molecule has 54 heavy (non-hydrogen) atoms. The summed E-state index contributed by atoms with van der Waals surface area (Å²) in [6.07, 6.45) is -2.22. The molecule has 19 heteroatoms. The van der Waals surface area contributed by atoms with E-state index in [1.165, 1.54) is 32.2 Å². The number of fused-ring (bicyclic) bond motifs is 3. The van der Waals surface area contributed by atoms with Crippen molar-refractivity contribution in [2.75, 3.05) is 13.7 Å². The number of ether oxygens (including phenoxy) is 2. The minimum absolute atomic E-state index is 0.00784. The lowest BCUT2D eigenvalue weighted by atomic mass is 9.88. The molecule has 4 aliphatic rings. The zero-order valence-corrected chi connectivity index (χ0v) is 30.9. The van der Waals surface area contributed by atoms with E-state index >= 15 is 0 Å². The number of nitrogens with one attached hydrogen (secondary N) is 3. The third-order valence-electron chi connectivity index (χ3n) is 10.9. The summed E-state index contributed by atoms with van der Waals surface area (Å²) in [6.45, 7) is 4.67. The van der Waals surface area contributed by atoms with Crippen molar-refractivity contribution in [2.24, 2.45) is 17.8 Å². The molecule has 2 aliphatic heterocycles. The number of benzene rings is 1. The summed E-state index contributed by atoms with van der Waals surface area (Å²) in [4.78, 5) is 63.1. The molecule has 1 aromatic heterocycles. The topological polar surface area (TPSA) is 206 Å². The molecular formula is C35H43F3N6O9S. The lowest BCUT2D eigenvalue weighted by Gasteiger charge is -2.32. The molecule has 2 aliphatic carbocycles. The number of aromatic nitrogens is 2. The minimum atomic E-state index is -5.01. The zero-order valence-electron chi connectivity index (χ0n) is 30.1. The van der Waals surface area contributed by atoms with Gasteiger partial charge in [-0.2, -0.15) is 13.2 Å². The van der Waals surface area contributed by atoms with Crippen LogP contribution in [0.2, 0.25) is 0 Å². The Morgan fingerprint density at radius 1 is 1.11 bits per heavy atom. The highest BCUT2D eigenvalue weighted by Crippen LogP contribution is 2.48. The molecule has 2 saturated carbocycles. The second-order valence-corrected chi connectivity index (χ2v) is 17.3. The monoisotopic (exact) mass is 780 g/mol. The number of nitrogens with zero attached hydrogens (tertiary/aromatic N) is 3. The lowest BCUT2D eigenvalue weighted by molar-refractivity contribution is -0.143. The van der Waals surface area contributed by atoms with Gasteiger partial charge in [0.2, 0.25) is 33.4 Å². The van der Waals surface area contributed by atoms with Gasteiger partial charge in [-0.3, -0.25) is 19.1 Å². The van der Waals surface area contributed by atoms with E-state index < -0.39 is 98.4 Å². The Kier molecular flexibility index (Phi) is 10.3. The molecule has 0 bridgehead atoms. The first-order valence-electron chi connectivity index (χ1n) is 17.7. The fourth-order valence-electron chi connectivity index (χ4n) is 7.30. The molecular weight excluding hydrogens is 737 g/mol. The molecule has 0 unspecified atom stereocenters. The number of sulfonamides is 1. The fourth-order valence-corrected chi connectivity index (χ4v) is 8.61. The maximum atomic E-state index is 14.3. The maximum Gasteiger partial charge on any atom is 0.438 e. The number of allylic oxidation sites excluding steroid dienone is 1. The zero-order chi connectivity index (χ0) is 39.4. The molecule has 6 rings (SSSR count). The summed E-state index contributed by atoms with van der Waals surface area (Å²) in [5, 5.41) is 14.7. The van der Waals surface area contributed by atoms with Crippen LogP contribution in [-0.4, -0.2) is 94.3 Å². The summed E-state index contributed by atoms with van der Waals surface area (Å²) in [7, 11) is -2.74. The highest BCUT2D eigenvalue weighted by Gasteiger charge is 2.63. The lowest BCUT2D eigenvalue weighted by Crippen LogP contribution is -2.59. The van der Waals surface area contributed by atoms with Gasteiger partial charge in [-0.05, 0) is 69.4 Å². The average molecular weight is 781 g/mol. The number of carboxylic acid groups (broad SMARTS) is 1. The Morgan fingerprint density at radius 3 is 2.48 bits per heavy atom. The first-order valence-corrected chi connectivity index (χ1v) is 19.2. The Bertz CT molecular complexity index is 1990. The predicted molar refractivity (Wildman–Crippen MR) is 186 cm³/mol. The molecule has 3 heterocycles.